The van der Waals surface area contributed by atoms with Crippen LogP contribution in [0.5, 0.6) is 11.5 Å². The number of hydrogen-bond acceptors (Lipinski definition) is 9. The summed E-state index contributed by atoms with van der Waals surface area (Å²) in [5, 5.41) is 4.73. The smallest absolute Gasteiger partial charge is 0.316 e. The molecule has 1 aliphatic carbocycles. The van der Waals surface area contributed by atoms with E-state index >= 15 is 0 Å². The number of ether oxygens (including phenoxy) is 3. The van der Waals surface area contributed by atoms with Gasteiger partial charge in [0, 0.05) is 24.6 Å². The van der Waals surface area contributed by atoms with Crippen molar-refractivity contribution in [2.45, 2.75) is 30.8 Å². The van der Waals surface area contributed by atoms with Gasteiger partial charge in [-0.25, -0.2) is 9.50 Å². The van der Waals surface area contributed by atoms with E-state index in [0.29, 0.717) is 53.1 Å². The molecule has 0 radical (unpaired) electrons. The van der Waals surface area contributed by atoms with Gasteiger partial charge in [-0.05, 0) is 25.0 Å². The Balaban J connectivity index is 1.60. The third-order valence-electron chi connectivity index (χ3n) is 5.07. The van der Waals surface area contributed by atoms with Gasteiger partial charge in [0.05, 0.1) is 37.8 Å². The molecule has 0 spiro atoms. The molecule has 0 saturated carbocycles. The molecule has 10 heteroatoms. The summed E-state index contributed by atoms with van der Waals surface area (Å²) >= 11 is 1.17. The second kappa shape index (κ2) is 8.93. The number of rotatable bonds is 7. The number of ketones is 1. The molecule has 1 aliphatic rings. The molecule has 3 aromatic rings. The van der Waals surface area contributed by atoms with Crippen LogP contribution in [0.1, 0.15) is 40.9 Å². The van der Waals surface area contributed by atoms with Gasteiger partial charge in [-0.2, -0.15) is 4.98 Å². The highest BCUT2D eigenvalue weighted by atomic mass is 32.2. The van der Waals surface area contributed by atoms with Gasteiger partial charge in [-0.3, -0.25) is 9.59 Å². The van der Waals surface area contributed by atoms with E-state index in [1.165, 1.54) is 16.3 Å². The number of Topliss-reactive ketones (excluding diaryl/α,β-unsaturated/α-hetero) is 1. The molecule has 162 valence electrons. The highest BCUT2D eigenvalue weighted by molar-refractivity contribution is 7.99. The number of esters is 1. The minimum Gasteiger partial charge on any atom is -0.497 e. The van der Waals surface area contributed by atoms with Gasteiger partial charge in [-0.1, -0.05) is 17.8 Å². The first-order valence-electron chi connectivity index (χ1n) is 9.82. The molecule has 0 N–H and O–H groups in total. The number of thioether (sulfide) groups is 1. The van der Waals surface area contributed by atoms with Crippen LogP contribution in [-0.2, 0) is 16.0 Å². The van der Waals surface area contributed by atoms with Crippen molar-refractivity contribution in [1.82, 2.24) is 19.6 Å². The van der Waals surface area contributed by atoms with Crippen molar-refractivity contribution in [3.63, 3.8) is 0 Å². The topological polar surface area (TPSA) is 105 Å². The van der Waals surface area contributed by atoms with Crippen molar-refractivity contribution in [1.29, 1.82) is 0 Å². The Bertz CT molecular complexity index is 1150. The fraction of sp³-hybridized carbons (Fsp3) is 0.381. The maximum Gasteiger partial charge on any atom is 0.316 e. The SMILES string of the molecule is CCOC(=O)CSc1nc2nc3c(cn2n1)C(=O)C[C@H](c1ccc(OC)cc1OC)C3. The quantitative estimate of drug-likeness (QED) is 0.403. The minimum absolute atomic E-state index is 0.00486. The lowest BCUT2D eigenvalue weighted by atomic mass is 9.82. The van der Waals surface area contributed by atoms with Crippen molar-refractivity contribution in [3.05, 3.63) is 41.2 Å². The average Bonchev–Trinajstić information content (AvgIpc) is 3.18. The van der Waals surface area contributed by atoms with E-state index in [2.05, 4.69) is 15.1 Å². The molecule has 0 amide bonds. The first-order chi connectivity index (χ1) is 15.0. The Kier molecular flexibility index (Phi) is 6.08. The zero-order chi connectivity index (χ0) is 22.0. The second-order valence-electron chi connectivity index (χ2n) is 6.97. The molecule has 2 aromatic heterocycles. The van der Waals surface area contributed by atoms with Gasteiger partial charge in [0.1, 0.15) is 11.5 Å². The Morgan fingerprint density at radius 3 is 2.81 bits per heavy atom. The third-order valence-corrected chi connectivity index (χ3v) is 5.88. The van der Waals surface area contributed by atoms with E-state index in [4.69, 9.17) is 14.2 Å². The Hall–Kier alpha value is -3.14. The highest BCUT2D eigenvalue weighted by Gasteiger charge is 2.30. The molecular formula is C21H22N4O5S. The number of hydrogen-bond donors (Lipinski definition) is 0. The minimum atomic E-state index is -0.329. The van der Waals surface area contributed by atoms with Gasteiger partial charge >= 0.3 is 5.97 Å². The Labute approximate surface area is 183 Å². The lowest BCUT2D eigenvalue weighted by Gasteiger charge is -2.24. The van der Waals surface area contributed by atoms with Crippen LogP contribution in [0.25, 0.3) is 5.78 Å². The van der Waals surface area contributed by atoms with Crippen LogP contribution < -0.4 is 9.47 Å². The van der Waals surface area contributed by atoms with Gasteiger partial charge in [0.25, 0.3) is 5.78 Å². The number of benzene rings is 1. The first-order valence-corrected chi connectivity index (χ1v) is 10.8. The summed E-state index contributed by atoms with van der Waals surface area (Å²) in [7, 11) is 3.20. The van der Waals surface area contributed by atoms with E-state index in [0.717, 1.165) is 5.56 Å². The second-order valence-corrected chi connectivity index (χ2v) is 7.91. The largest absolute Gasteiger partial charge is 0.497 e. The summed E-state index contributed by atoms with van der Waals surface area (Å²) in [6.07, 6.45) is 2.60. The molecular weight excluding hydrogens is 420 g/mol. The Morgan fingerprint density at radius 2 is 2.06 bits per heavy atom. The Morgan fingerprint density at radius 1 is 1.23 bits per heavy atom. The molecule has 1 atom stereocenters. The van der Waals surface area contributed by atoms with Crippen molar-refractivity contribution < 1.29 is 23.8 Å². The van der Waals surface area contributed by atoms with E-state index in [1.54, 1.807) is 27.3 Å². The summed E-state index contributed by atoms with van der Waals surface area (Å²) in [5.74, 6) is 1.49. The summed E-state index contributed by atoms with van der Waals surface area (Å²) < 4.78 is 17.2. The zero-order valence-electron chi connectivity index (χ0n) is 17.5. The lowest BCUT2D eigenvalue weighted by molar-refractivity contribution is -0.139. The number of fused-ring (bicyclic) bond motifs is 2. The van der Waals surface area contributed by atoms with Crippen LogP contribution in [0.15, 0.2) is 29.6 Å². The maximum atomic E-state index is 12.9. The molecule has 1 aromatic carbocycles. The first kappa shape index (κ1) is 21.1. The summed E-state index contributed by atoms with van der Waals surface area (Å²) in [4.78, 5) is 33.4. The predicted octanol–water partition coefficient (Wildman–Crippen LogP) is 2.71. The molecule has 2 heterocycles. The molecule has 4 rings (SSSR count). The fourth-order valence-electron chi connectivity index (χ4n) is 3.63. The molecule has 0 saturated heterocycles. The van der Waals surface area contributed by atoms with Gasteiger partial charge in [-0.15, -0.1) is 5.10 Å². The molecule has 0 bridgehead atoms. The highest BCUT2D eigenvalue weighted by Crippen LogP contribution is 2.38. The van der Waals surface area contributed by atoms with Gasteiger partial charge in [0.2, 0.25) is 5.16 Å². The molecule has 0 fully saturated rings. The number of carbonyl (C=O) groups excluding carboxylic acids is 2. The summed E-state index contributed by atoms with van der Waals surface area (Å²) in [5.41, 5.74) is 2.17. The van der Waals surface area contributed by atoms with Crippen LogP contribution in [-0.4, -0.2) is 57.9 Å². The molecule has 0 unspecified atom stereocenters. The van der Waals surface area contributed by atoms with Crippen LogP contribution in [0.3, 0.4) is 0 Å². The van der Waals surface area contributed by atoms with Crippen molar-refractivity contribution in [2.24, 2.45) is 0 Å². The lowest BCUT2D eigenvalue weighted by Crippen LogP contribution is -2.21. The number of aromatic nitrogens is 4. The van der Waals surface area contributed by atoms with Crippen LogP contribution in [0.2, 0.25) is 0 Å². The van der Waals surface area contributed by atoms with E-state index in [-0.39, 0.29) is 23.4 Å². The van der Waals surface area contributed by atoms with Crippen LogP contribution >= 0.6 is 11.8 Å². The monoisotopic (exact) mass is 442 g/mol. The third kappa shape index (κ3) is 4.34. The zero-order valence-corrected chi connectivity index (χ0v) is 18.3. The normalized spacial score (nSPS) is 15.6. The fourth-order valence-corrected chi connectivity index (χ4v) is 4.25. The number of carbonyl (C=O) groups is 2. The molecule has 0 aliphatic heterocycles. The van der Waals surface area contributed by atoms with E-state index in [1.807, 2.05) is 18.2 Å². The molecule has 31 heavy (non-hydrogen) atoms. The van der Waals surface area contributed by atoms with Crippen molar-refractivity contribution >= 4 is 29.3 Å². The van der Waals surface area contributed by atoms with Crippen LogP contribution in [0, 0.1) is 0 Å². The van der Waals surface area contributed by atoms with Gasteiger partial charge < -0.3 is 14.2 Å². The van der Waals surface area contributed by atoms with Crippen molar-refractivity contribution in [2.75, 3.05) is 26.6 Å². The van der Waals surface area contributed by atoms with Crippen LogP contribution in [0.4, 0.5) is 0 Å². The van der Waals surface area contributed by atoms with Gasteiger partial charge in [0.15, 0.2) is 5.78 Å². The van der Waals surface area contributed by atoms with E-state index in [9.17, 15) is 9.59 Å². The number of methoxy groups -OCH3 is 2. The summed E-state index contributed by atoms with van der Waals surface area (Å²) in [6.45, 7) is 2.08. The van der Waals surface area contributed by atoms with E-state index < -0.39 is 0 Å². The average molecular weight is 442 g/mol. The standard InChI is InChI=1S/C21H22N4O5S/c1-4-30-19(27)11-31-21-23-20-22-16-7-12(8-17(26)15(16)10-25(20)24-21)14-6-5-13(28-2)9-18(14)29-3/h5-6,9-10,12H,4,7-8,11H2,1-3H3/t12-/m1/s1. The maximum absolute atomic E-state index is 12.9. The summed E-state index contributed by atoms with van der Waals surface area (Å²) in [6, 6.07) is 5.61. The molecule has 9 nitrogen and oxygen atoms in total. The number of nitrogens with zero attached hydrogens (tertiary/aromatic N) is 4. The predicted molar refractivity (Wildman–Crippen MR) is 113 cm³/mol. The van der Waals surface area contributed by atoms with Crippen molar-refractivity contribution in [3.8, 4) is 11.5 Å².